The van der Waals surface area contributed by atoms with Gasteiger partial charge in [0.25, 0.3) is 11.8 Å². The summed E-state index contributed by atoms with van der Waals surface area (Å²) in [6.45, 7) is 3.63. The smallest absolute Gasteiger partial charge is 0.326 e. The van der Waals surface area contributed by atoms with Crippen molar-refractivity contribution in [1.82, 2.24) is 9.80 Å². The molecule has 2 aliphatic rings. The molecule has 2 aliphatic heterocycles. The van der Waals surface area contributed by atoms with Gasteiger partial charge in [0.05, 0.1) is 11.3 Å². The number of carboxylic acids is 1. The van der Waals surface area contributed by atoms with E-state index in [4.69, 9.17) is 12.2 Å². The SMILES string of the molecule is CC(C)CC(C(=O)O)N1C(=O)CC(N2C(=O)/C(=C/C=C/c3ccccc3)SC2=S)C1=O. The number of thiocarbonyl (C=S) groups is 1. The lowest BCUT2D eigenvalue weighted by atomic mass is 10.0. The fraction of sp³-hybridized carbons (Fsp3) is 0.318. The molecule has 31 heavy (non-hydrogen) atoms. The van der Waals surface area contributed by atoms with Crippen LogP contribution in [-0.4, -0.2) is 55.0 Å². The van der Waals surface area contributed by atoms with Crippen LogP contribution in [-0.2, 0) is 19.2 Å². The number of allylic oxidation sites excluding steroid dienone is 2. The fourth-order valence-electron chi connectivity index (χ4n) is 3.50. The van der Waals surface area contributed by atoms with E-state index in [1.54, 1.807) is 12.2 Å². The molecule has 0 bridgehead atoms. The minimum atomic E-state index is -1.26. The Balaban J connectivity index is 1.79. The number of amides is 3. The maximum Gasteiger partial charge on any atom is 0.326 e. The van der Waals surface area contributed by atoms with Gasteiger partial charge in [0.15, 0.2) is 0 Å². The van der Waals surface area contributed by atoms with E-state index < -0.39 is 35.8 Å². The molecule has 2 atom stereocenters. The molecule has 1 aromatic carbocycles. The highest BCUT2D eigenvalue weighted by molar-refractivity contribution is 8.26. The van der Waals surface area contributed by atoms with Crippen LogP contribution < -0.4 is 0 Å². The first kappa shape index (κ1) is 22.9. The molecule has 1 aromatic rings. The van der Waals surface area contributed by atoms with E-state index in [0.29, 0.717) is 4.91 Å². The van der Waals surface area contributed by atoms with E-state index in [1.807, 2.05) is 50.3 Å². The van der Waals surface area contributed by atoms with Gasteiger partial charge in [0.1, 0.15) is 16.4 Å². The molecule has 1 N–H and O–H groups in total. The lowest BCUT2D eigenvalue weighted by Crippen LogP contribution is -2.49. The van der Waals surface area contributed by atoms with E-state index in [0.717, 1.165) is 27.1 Å². The molecular weight excluding hydrogens is 436 g/mol. The molecule has 2 saturated heterocycles. The molecule has 0 spiro atoms. The molecule has 7 nitrogen and oxygen atoms in total. The number of thioether (sulfide) groups is 1. The normalized spacial score (nSPS) is 21.9. The highest BCUT2D eigenvalue weighted by atomic mass is 32.2. The van der Waals surface area contributed by atoms with Crippen molar-refractivity contribution in [3.63, 3.8) is 0 Å². The molecule has 2 unspecified atom stereocenters. The van der Waals surface area contributed by atoms with Crippen LogP contribution in [0.2, 0.25) is 0 Å². The maximum atomic E-state index is 13.0. The second-order valence-corrected chi connectivity index (χ2v) is 9.33. The largest absolute Gasteiger partial charge is 0.480 e. The first-order valence-electron chi connectivity index (χ1n) is 9.78. The number of benzene rings is 1. The first-order valence-corrected chi connectivity index (χ1v) is 11.0. The van der Waals surface area contributed by atoms with Crippen LogP contribution in [0.1, 0.15) is 32.3 Å². The van der Waals surface area contributed by atoms with Crippen LogP contribution in [0.25, 0.3) is 6.08 Å². The third-order valence-corrected chi connectivity index (χ3v) is 6.27. The Kier molecular flexibility index (Phi) is 7.07. The van der Waals surface area contributed by atoms with Gasteiger partial charge in [-0.25, -0.2) is 4.79 Å². The summed E-state index contributed by atoms with van der Waals surface area (Å²) >= 11 is 6.35. The number of likely N-dealkylation sites (tertiary alicyclic amines) is 1. The Morgan fingerprint density at radius 3 is 2.55 bits per heavy atom. The number of aliphatic carboxylic acids is 1. The third kappa shape index (κ3) is 4.94. The van der Waals surface area contributed by atoms with Crippen LogP contribution in [0.5, 0.6) is 0 Å². The van der Waals surface area contributed by atoms with Gasteiger partial charge < -0.3 is 5.11 Å². The van der Waals surface area contributed by atoms with Crippen LogP contribution in [0.3, 0.4) is 0 Å². The fourth-order valence-corrected chi connectivity index (χ4v) is 4.81. The zero-order valence-corrected chi connectivity index (χ0v) is 18.7. The number of nitrogens with zero attached hydrogens (tertiary/aromatic N) is 2. The van der Waals surface area contributed by atoms with Crippen molar-refractivity contribution in [1.29, 1.82) is 0 Å². The predicted octanol–water partition coefficient (Wildman–Crippen LogP) is 3.07. The monoisotopic (exact) mass is 458 g/mol. The standard InChI is InChI=1S/C22H22N2O5S2/c1-13(2)11-16(21(28)29)23-18(25)12-15(19(23)26)24-20(27)17(31-22(24)30)10-6-9-14-7-4-3-5-8-14/h3-10,13,15-16H,11-12H2,1-2H3,(H,28,29)/b9-6+,17-10-. The summed E-state index contributed by atoms with van der Waals surface area (Å²) < 4.78 is 0.174. The molecule has 162 valence electrons. The zero-order chi connectivity index (χ0) is 22.7. The number of carbonyl (C=O) groups is 4. The minimum absolute atomic E-state index is 0.0308. The molecule has 2 heterocycles. The van der Waals surface area contributed by atoms with E-state index in [2.05, 4.69) is 0 Å². The number of hydrogen-bond acceptors (Lipinski definition) is 6. The summed E-state index contributed by atoms with van der Waals surface area (Å²) in [6, 6.07) is 7.17. The van der Waals surface area contributed by atoms with E-state index in [1.165, 1.54) is 0 Å². The van der Waals surface area contributed by atoms with Crippen LogP contribution in [0.15, 0.2) is 47.4 Å². The van der Waals surface area contributed by atoms with Crippen molar-refractivity contribution in [3.05, 3.63) is 53.0 Å². The van der Waals surface area contributed by atoms with Crippen molar-refractivity contribution in [3.8, 4) is 0 Å². The Morgan fingerprint density at radius 1 is 1.26 bits per heavy atom. The maximum absolute atomic E-state index is 13.0. The first-order chi connectivity index (χ1) is 14.7. The van der Waals surface area contributed by atoms with E-state index in [-0.39, 0.29) is 23.1 Å². The number of carboxylic acid groups (broad SMARTS) is 1. The predicted molar refractivity (Wildman–Crippen MR) is 122 cm³/mol. The third-order valence-electron chi connectivity index (χ3n) is 4.92. The van der Waals surface area contributed by atoms with Gasteiger partial charge in [-0.3, -0.25) is 24.2 Å². The average Bonchev–Trinajstić information content (AvgIpc) is 3.15. The number of imide groups is 1. The summed E-state index contributed by atoms with van der Waals surface area (Å²) in [5.41, 5.74) is 0.964. The number of rotatable bonds is 7. The lowest BCUT2D eigenvalue weighted by Gasteiger charge is -2.26. The second-order valence-electron chi connectivity index (χ2n) is 7.65. The van der Waals surface area contributed by atoms with Gasteiger partial charge in [0.2, 0.25) is 5.91 Å². The highest BCUT2D eigenvalue weighted by Crippen LogP contribution is 2.36. The van der Waals surface area contributed by atoms with Gasteiger partial charge in [-0.1, -0.05) is 80.3 Å². The van der Waals surface area contributed by atoms with Crippen LogP contribution >= 0.6 is 24.0 Å². The summed E-state index contributed by atoms with van der Waals surface area (Å²) in [5, 5.41) is 9.53. The van der Waals surface area contributed by atoms with Crippen molar-refractivity contribution in [2.45, 2.75) is 38.8 Å². The molecule has 9 heteroatoms. The lowest BCUT2D eigenvalue weighted by molar-refractivity contribution is -0.155. The van der Waals surface area contributed by atoms with Gasteiger partial charge in [0, 0.05) is 0 Å². The summed E-state index contributed by atoms with van der Waals surface area (Å²) in [7, 11) is 0. The van der Waals surface area contributed by atoms with Crippen LogP contribution in [0.4, 0.5) is 0 Å². The minimum Gasteiger partial charge on any atom is -0.480 e. The molecule has 0 radical (unpaired) electrons. The molecule has 3 rings (SSSR count). The van der Waals surface area contributed by atoms with E-state index >= 15 is 0 Å². The molecule has 0 aliphatic carbocycles. The Morgan fingerprint density at radius 2 is 1.94 bits per heavy atom. The molecule has 2 fully saturated rings. The molecule has 0 aromatic heterocycles. The topological polar surface area (TPSA) is 95.0 Å². The van der Waals surface area contributed by atoms with Crippen molar-refractivity contribution >= 4 is 58.1 Å². The molecule has 3 amide bonds. The number of hydrogen-bond donors (Lipinski definition) is 1. The summed E-state index contributed by atoms with van der Waals surface area (Å²) in [4.78, 5) is 52.3. The van der Waals surface area contributed by atoms with Gasteiger partial charge in [-0.05, 0) is 24.0 Å². The highest BCUT2D eigenvalue weighted by Gasteiger charge is 2.51. The van der Waals surface area contributed by atoms with Crippen molar-refractivity contribution in [2.24, 2.45) is 5.92 Å². The Labute approximate surface area is 189 Å². The van der Waals surface area contributed by atoms with Crippen LogP contribution in [0, 0.1) is 5.92 Å². The van der Waals surface area contributed by atoms with E-state index in [9.17, 15) is 24.3 Å². The van der Waals surface area contributed by atoms with Gasteiger partial charge >= 0.3 is 5.97 Å². The average molecular weight is 459 g/mol. The van der Waals surface area contributed by atoms with Gasteiger partial charge in [-0.2, -0.15) is 0 Å². The summed E-state index contributed by atoms with van der Waals surface area (Å²) in [5.74, 6) is -3.04. The second kappa shape index (κ2) is 9.57. The Bertz CT molecular complexity index is 987. The van der Waals surface area contributed by atoms with Gasteiger partial charge in [-0.15, -0.1) is 0 Å². The quantitative estimate of drug-likeness (QED) is 0.381. The summed E-state index contributed by atoms with van der Waals surface area (Å²) in [6.07, 6.45) is 5.03. The molecular formula is C22H22N2O5S2. The van der Waals surface area contributed by atoms with Crippen molar-refractivity contribution in [2.75, 3.05) is 0 Å². The van der Waals surface area contributed by atoms with Crippen molar-refractivity contribution < 1.29 is 24.3 Å². The zero-order valence-electron chi connectivity index (χ0n) is 17.1. The number of carbonyl (C=O) groups excluding carboxylic acids is 3. The molecule has 0 saturated carbocycles. The Hall–Kier alpha value is -2.78.